The Morgan fingerprint density at radius 1 is 1.53 bits per heavy atom. The van der Waals surface area contributed by atoms with Crippen LogP contribution in [0.15, 0.2) is 12.4 Å². The summed E-state index contributed by atoms with van der Waals surface area (Å²) in [4.78, 5) is 3.11. The van der Waals surface area contributed by atoms with Gasteiger partial charge in [-0.1, -0.05) is 19.1 Å². The fraction of sp³-hybridized carbons (Fsp3) is 0.667. The van der Waals surface area contributed by atoms with E-state index >= 15 is 0 Å². The van der Waals surface area contributed by atoms with Crippen LogP contribution in [0, 0.1) is 5.41 Å². The van der Waals surface area contributed by atoms with Crippen LogP contribution in [0.1, 0.15) is 25.3 Å². The first-order valence-corrected chi connectivity index (χ1v) is 6.40. The van der Waals surface area contributed by atoms with Gasteiger partial charge < -0.3 is 5.73 Å². The van der Waals surface area contributed by atoms with Crippen LogP contribution in [0.2, 0.25) is 0 Å². The van der Waals surface area contributed by atoms with Crippen LogP contribution in [0.4, 0.5) is 0 Å². The molecule has 94 valence electrons. The third-order valence-electron chi connectivity index (χ3n) is 3.72. The lowest BCUT2D eigenvalue weighted by Gasteiger charge is -2.38. The molecular formula is C12H20N4S. The first kappa shape index (κ1) is 12.5. The molecule has 0 atom stereocenters. The zero-order valence-corrected chi connectivity index (χ0v) is 11.3. The van der Waals surface area contributed by atoms with E-state index < -0.39 is 0 Å². The van der Waals surface area contributed by atoms with Gasteiger partial charge in [0.2, 0.25) is 0 Å². The Bertz CT molecular complexity index is 404. The second-order valence-electron chi connectivity index (χ2n) is 5.22. The molecule has 2 rings (SSSR count). The van der Waals surface area contributed by atoms with Crippen LogP contribution < -0.4 is 5.73 Å². The lowest BCUT2D eigenvalue weighted by molar-refractivity contribution is 0.158. The SMILES string of the molecule is Cn1cc(CN2CCC(C)(C(N)=S)CC2)cn1. The summed E-state index contributed by atoms with van der Waals surface area (Å²) in [5, 5.41) is 4.19. The Morgan fingerprint density at radius 2 is 2.18 bits per heavy atom. The molecule has 1 saturated heterocycles. The summed E-state index contributed by atoms with van der Waals surface area (Å²) in [5.41, 5.74) is 7.13. The summed E-state index contributed by atoms with van der Waals surface area (Å²) < 4.78 is 1.85. The van der Waals surface area contributed by atoms with E-state index in [2.05, 4.69) is 23.1 Å². The van der Waals surface area contributed by atoms with Gasteiger partial charge in [0, 0.05) is 30.8 Å². The van der Waals surface area contributed by atoms with Gasteiger partial charge in [-0.3, -0.25) is 9.58 Å². The van der Waals surface area contributed by atoms with Crippen molar-refractivity contribution in [1.82, 2.24) is 14.7 Å². The Balaban J connectivity index is 1.89. The van der Waals surface area contributed by atoms with Gasteiger partial charge in [0.15, 0.2) is 0 Å². The van der Waals surface area contributed by atoms with Gasteiger partial charge >= 0.3 is 0 Å². The lowest BCUT2D eigenvalue weighted by Crippen LogP contribution is -2.44. The Labute approximate surface area is 108 Å². The van der Waals surface area contributed by atoms with Crippen LogP contribution in [0.25, 0.3) is 0 Å². The van der Waals surface area contributed by atoms with Gasteiger partial charge in [0.05, 0.1) is 11.2 Å². The second kappa shape index (κ2) is 4.74. The average molecular weight is 252 g/mol. The van der Waals surface area contributed by atoms with E-state index in [4.69, 9.17) is 18.0 Å². The van der Waals surface area contributed by atoms with Gasteiger partial charge in [-0.15, -0.1) is 0 Å². The number of rotatable bonds is 3. The van der Waals surface area contributed by atoms with Crippen molar-refractivity contribution in [2.75, 3.05) is 13.1 Å². The van der Waals surface area contributed by atoms with E-state index in [0.717, 1.165) is 32.5 Å². The number of piperidine rings is 1. The number of hydrogen-bond acceptors (Lipinski definition) is 3. The number of aryl methyl sites for hydroxylation is 1. The molecule has 0 aromatic carbocycles. The molecule has 0 bridgehead atoms. The molecule has 1 aromatic rings. The van der Waals surface area contributed by atoms with E-state index in [1.807, 2.05) is 17.9 Å². The molecule has 1 aromatic heterocycles. The smallest absolute Gasteiger partial charge is 0.0788 e. The van der Waals surface area contributed by atoms with E-state index in [-0.39, 0.29) is 5.41 Å². The average Bonchev–Trinajstić information content (AvgIpc) is 2.67. The summed E-state index contributed by atoms with van der Waals surface area (Å²) in [6, 6.07) is 0. The molecule has 1 aliphatic heterocycles. The van der Waals surface area contributed by atoms with Gasteiger partial charge in [-0.25, -0.2) is 0 Å². The maximum atomic E-state index is 5.80. The fourth-order valence-corrected chi connectivity index (χ4v) is 2.47. The van der Waals surface area contributed by atoms with Crippen molar-refractivity contribution in [3.63, 3.8) is 0 Å². The molecule has 1 aliphatic rings. The fourth-order valence-electron chi connectivity index (χ4n) is 2.26. The third kappa shape index (κ3) is 2.84. The Hall–Kier alpha value is -0.940. The first-order chi connectivity index (χ1) is 7.99. The van der Waals surface area contributed by atoms with Crippen LogP contribution in [-0.2, 0) is 13.6 Å². The van der Waals surface area contributed by atoms with Crippen molar-refractivity contribution in [3.8, 4) is 0 Å². The maximum Gasteiger partial charge on any atom is 0.0788 e. The molecule has 0 radical (unpaired) electrons. The zero-order chi connectivity index (χ0) is 12.5. The normalized spacial score (nSPS) is 20.4. The highest BCUT2D eigenvalue weighted by atomic mass is 32.1. The summed E-state index contributed by atoms with van der Waals surface area (Å²) in [6.45, 7) is 5.27. The zero-order valence-electron chi connectivity index (χ0n) is 10.5. The molecule has 5 heteroatoms. The minimum atomic E-state index is 0.0563. The number of hydrogen-bond donors (Lipinski definition) is 1. The summed E-state index contributed by atoms with van der Waals surface area (Å²) >= 11 is 5.15. The molecule has 0 saturated carbocycles. The minimum Gasteiger partial charge on any atom is -0.393 e. The molecule has 17 heavy (non-hydrogen) atoms. The van der Waals surface area contributed by atoms with E-state index in [9.17, 15) is 0 Å². The summed E-state index contributed by atoms with van der Waals surface area (Å²) in [6.07, 6.45) is 6.12. The molecule has 1 fully saturated rings. The third-order valence-corrected chi connectivity index (χ3v) is 4.21. The standard InChI is InChI=1S/C12H20N4S/c1-12(11(13)17)3-5-16(6-4-12)9-10-7-14-15(2)8-10/h7-8H,3-6,9H2,1-2H3,(H2,13,17). The van der Waals surface area contributed by atoms with Gasteiger partial charge in [-0.05, 0) is 25.9 Å². The summed E-state index contributed by atoms with van der Waals surface area (Å²) in [7, 11) is 1.95. The Morgan fingerprint density at radius 3 is 2.65 bits per heavy atom. The van der Waals surface area contributed by atoms with Gasteiger partial charge in [-0.2, -0.15) is 5.10 Å². The molecule has 0 aliphatic carbocycles. The van der Waals surface area contributed by atoms with Crippen molar-refractivity contribution in [2.45, 2.75) is 26.3 Å². The molecular weight excluding hydrogens is 232 g/mol. The van der Waals surface area contributed by atoms with Crippen molar-refractivity contribution in [1.29, 1.82) is 0 Å². The predicted octanol–water partition coefficient (Wildman–Crippen LogP) is 1.31. The maximum absolute atomic E-state index is 5.80. The van der Waals surface area contributed by atoms with Crippen molar-refractivity contribution >= 4 is 17.2 Å². The van der Waals surface area contributed by atoms with Gasteiger partial charge in [0.25, 0.3) is 0 Å². The molecule has 0 amide bonds. The second-order valence-corrected chi connectivity index (χ2v) is 5.66. The number of nitrogens with zero attached hydrogens (tertiary/aromatic N) is 3. The Kier molecular flexibility index (Phi) is 3.49. The quantitative estimate of drug-likeness (QED) is 0.824. The number of nitrogens with two attached hydrogens (primary N) is 1. The highest BCUT2D eigenvalue weighted by Gasteiger charge is 2.32. The topological polar surface area (TPSA) is 47.1 Å². The van der Waals surface area contributed by atoms with Crippen LogP contribution in [-0.4, -0.2) is 32.8 Å². The highest BCUT2D eigenvalue weighted by molar-refractivity contribution is 7.80. The first-order valence-electron chi connectivity index (χ1n) is 5.99. The van der Waals surface area contributed by atoms with Gasteiger partial charge in [0.1, 0.15) is 0 Å². The lowest BCUT2D eigenvalue weighted by atomic mass is 9.80. The number of thiocarbonyl (C=S) groups is 1. The molecule has 0 unspecified atom stereocenters. The van der Waals surface area contributed by atoms with Crippen molar-refractivity contribution in [3.05, 3.63) is 18.0 Å². The summed E-state index contributed by atoms with van der Waals surface area (Å²) in [5.74, 6) is 0. The van der Waals surface area contributed by atoms with E-state index in [0.29, 0.717) is 4.99 Å². The van der Waals surface area contributed by atoms with Crippen LogP contribution in [0.5, 0.6) is 0 Å². The molecule has 0 spiro atoms. The number of aromatic nitrogens is 2. The largest absolute Gasteiger partial charge is 0.393 e. The molecule has 4 nitrogen and oxygen atoms in total. The number of likely N-dealkylation sites (tertiary alicyclic amines) is 1. The minimum absolute atomic E-state index is 0.0563. The highest BCUT2D eigenvalue weighted by Crippen LogP contribution is 2.31. The molecule has 2 N–H and O–H groups in total. The van der Waals surface area contributed by atoms with Crippen molar-refractivity contribution < 1.29 is 0 Å². The monoisotopic (exact) mass is 252 g/mol. The van der Waals surface area contributed by atoms with E-state index in [1.54, 1.807) is 0 Å². The van der Waals surface area contributed by atoms with Crippen LogP contribution in [0.3, 0.4) is 0 Å². The van der Waals surface area contributed by atoms with Crippen molar-refractivity contribution in [2.24, 2.45) is 18.2 Å². The van der Waals surface area contributed by atoms with E-state index in [1.165, 1.54) is 5.56 Å². The predicted molar refractivity (Wildman–Crippen MR) is 72.6 cm³/mol. The molecule has 2 heterocycles. The van der Waals surface area contributed by atoms with Crippen LogP contribution >= 0.6 is 12.2 Å².